The molecule has 0 saturated heterocycles. The zero-order chi connectivity index (χ0) is 16.9. The van der Waals surface area contributed by atoms with Gasteiger partial charge in [0.1, 0.15) is 5.60 Å². The first-order valence-corrected chi connectivity index (χ1v) is 8.12. The average Bonchev–Trinajstić information content (AvgIpc) is 2.96. The smallest absolute Gasteiger partial charge is 0.412 e. The molecule has 1 heterocycles. The van der Waals surface area contributed by atoms with Crippen LogP contribution in [-0.2, 0) is 11.3 Å². The molecule has 0 aliphatic heterocycles. The van der Waals surface area contributed by atoms with Gasteiger partial charge in [0.05, 0.1) is 6.54 Å². The van der Waals surface area contributed by atoms with Crippen LogP contribution in [-0.4, -0.2) is 17.6 Å². The molecular weight excluding hydrogens is 312 g/mol. The van der Waals surface area contributed by atoms with Gasteiger partial charge in [-0.25, -0.2) is 4.79 Å². The lowest BCUT2D eigenvalue weighted by Crippen LogP contribution is -2.27. The summed E-state index contributed by atoms with van der Waals surface area (Å²) in [6.07, 6.45) is -0.521. The number of hydrogen-bond acceptors (Lipinski definition) is 4. The second-order valence-corrected chi connectivity index (χ2v) is 7.00. The molecule has 2 aromatic rings. The van der Waals surface area contributed by atoms with E-state index in [9.17, 15) is 9.59 Å². The first-order valence-electron chi connectivity index (χ1n) is 7.24. The summed E-state index contributed by atoms with van der Waals surface area (Å²) in [5.41, 5.74) is 0.566. The molecule has 2 rings (SSSR count). The summed E-state index contributed by atoms with van der Waals surface area (Å²) in [5.74, 6) is -0.151. The second-order valence-electron chi connectivity index (χ2n) is 5.97. The van der Waals surface area contributed by atoms with Crippen molar-refractivity contribution < 1.29 is 14.3 Å². The van der Waals surface area contributed by atoms with Gasteiger partial charge in [-0.2, -0.15) is 0 Å². The Hall–Kier alpha value is -2.34. The molecule has 2 N–H and O–H groups in total. The highest BCUT2D eigenvalue weighted by Crippen LogP contribution is 2.13. The normalized spacial score (nSPS) is 10.9. The van der Waals surface area contributed by atoms with Gasteiger partial charge < -0.3 is 10.1 Å². The van der Waals surface area contributed by atoms with E-state index in [1.165, 1.54) is 0 Å². The summed E-state index contributed by atoms with van der Waals surface area (Å²) in [6.45, 7) is 5.91. The predicted octanol–water partition coefficient (Wildman–Crippen LogP) is 4.03. The molecule has 0 aliphatic rings. The third-order valence-electron chi connectivity index (χ3n) is 2.80. The second kappa shape index (κ2) is 7.28. The van der Waals surface area contributed by atoms with Crippen molar-refractivity contribution >= 4 is 29.0 Å². The number of anilines is 1. The van der Waals surface area contributed by atoms with Crippen molar-refractivity contribution in [2.24, 2.45) is 0 Å². The molecule has 0 bridgehead atoms. The molecule has 1 aromatic heterocycles. The zero-order valence-electron chi connectivity index (χ0n) is 13.4. The quantitative estimate of drug-likeness (QED) is 0.888. The number of carbonyl (C=O) groups is 2. The Morgan fingerprint density at radius 2 is 1.83 bits per heavy atom. The molecule has 0 radical (unpaired) electrons. The lowest BCUT2D eigenvalue weighted by Gasteiger charge is -2.19. The molecular formula is C17H20N2O3S. The van der Waals surface area contributed by atoms with E-state index >= 15 is 0 Å². The van der Waals surface area contributed by atoms with Crippen LogP contribution >= 0.6 is 11.3 Å². The number of hydrogen-bond donors (Lipinski definition) is 2. The van der Waals surface area contributed by atoms with Crippen molar-refractivity contribution in [3.63, 3.8) is 0 Å². The Labute approximate surface area is 139 Å². The van der Waals surface area contributed by atoms with Crippen LogP contribution in [0.1, 0.15) is 36.0 Å². The highest BCUT2D eigenvalue weighted by Gasteiger charge is 2.16. The topological polar surface area (TPSA) is 67.4 Å². The maximum Gasteiger partial charge on any atom is 0.412 e. The minimum atomic E-state index is -0.550. The number of ether oxygens (including phenoxy) is 1. The van der Waals surface area contributed by atoms with Crippen LogP contribution in [0.15, 0.2) is 41.8 Å². The van der Waals surface area contributed by atoms with Crippen LogP contribution in [0.25, 0.3) is 0 Å². The summed E-state index contributed by atoms with van der Waals surface area (Å²) in [6, 6.07) is 10.6. The zero-order valence-corrected chi connectivity index (χ0v) is 14.2. The van der Waals surface area contributed by atoms with Gasteiger partial charge in [0, 0.05) is 16.1 Å². The molecule has 5 nitrogen and oxygen atoms in total. The lowest BCUT2D eigenvalue weighted by molar-refractivity contribution is 0.0636. The SMILES string of the molecule is CC(C)(C)OC(=O)Nc1ccc(C(=O)NCc2cccs2)cc1. The van der Waals surface area contributed by atoms with Gasteiger partial charge in [0.25, 0.3) is 5.91 Å². The summed E-state index contributed by atoms with van der Waals surface area (Å²) in [5, 5.41) is 7.45. The minimum absolute atomic E-state index is 0.151. The fraction of sp³-hybridized carbons (Fsp3) is 0.294. The van der Waals surface area contributed by atoms with Gasteiger partial charge in [-0.05, 0) is 56.5 Å². The Morgan fingerprint density at radius 1 is 1.13 bits per heavy atom. The van der Waals surface area contributed by atoms with Crippen molar-refractivity contribution in [2.45, 2.75) is 32.9 Å². The molecule has 0 unspecified atom stereocenters. The minimum Gasteiger partial charge on any atom is -0.444 e. The number of thiophene rings is 1. The highest BCUT2D eigenvalue weighted by atomic mass is 32.1. The fourth-order valence-corrected chi connectivity index (χ4v) is 2.45. The predicted molar refractivity (Wildman–Crippen MR) is 91.8 cm³/mol. The van der Waals surface area contributed by atoms with E-state index in [1.54, 1.807) is 56.4 Å². The largest absolute Gasteiger partial charge is 0.444 e. The number of carbonyl (C=O) groups excluding carboxylic acids is 2. The lowest BCUT2D eigenvalue weighted by atomic mass is 10.2. The Bertz CT molecular complexity index is 658. The van der Waals surface area contributed by atoms with E-state index in [4.69, 9.17) is 4.74 Å². The van der Waals surface area contributed by atoms with E-state index in [0.29, 0.717) is 17.8 Å². The molecule has 122 valence electrons. The van der Waals surface area contributed by atoms with E-state index in [2.05, 4.69) is 10.6 Å². The van der Waals surface area contributed by atoms with Gasteiger partial charge >= 0.3 is 6.09 Å². The van der Waals surface area contributed by atoms with Gasteiger partial charge in [-0.1, -0.05) is 6.07 Å². The average molecular weight is 332 g/mol. The summed E-state index contributed by atoms with van der Waals surface area (Å²) >= 11 is 1.60. The van der Waals surface area contributed by atoms with Crippen LogP contribution < -0.4 is 10.6 Å². The van der Waals surface area contributed by atoms with E-state index < -0.39 is 11.7 Å². The van der Waals surface area contributed by atoms with Crippen molar-refractivity contribution in [3.05, 3.63) is 52.2 Å². The Balaban J connectivity index is 1.88. The molecule has 0 saturated carbocycles. The Morgan fingerprint density at radius 3 is 2.39 bits per heavy atom. The van der Waals surface area contributed by atoms with Gasteiger partial charge in [0.2, 0.25) is 0 Å². The summed E-state index contributed by atoms with van der Waals surface area (Å²) in [4.78, 5) is 24.8. The van der Waals surface area contributed by atoms with E-state index in [0.717, 1.165) is 4.88 Å². The molecule has 0 atom stereocenters. The number of amides is 2. The maximum absolute atomic E-state index is 12.0. The number of rotatable bonds is 4. The number of nitrogens with one attached hydrogen (secondary N) is 2. The third-order valence-corrected chi connectivity index (χ3v) is 3.67. The fourth-order valence-electron chi connectivity index (χ4n) is 1.81. The van der Waals surface area contributed by atoms with E-state index in [1.807, 2.05) is 17.5 Å². The van der Waals surface area contributed by atoms with E-state index in [-0.39, 0.29) is 5.91 Å². The molecule has 6 heteroatoms. The first-order chi connectivity index (χ1) is 10.8. The maximum atomic E-state index is 12.0. The van der Waals surface area contributed by atoms with Gasteiger partial charge in [-0.15, -0.1) is 11.3 Å². The highest BCUT2D eigenvalue weighted by molar-refractivity contribution is 7.09. The van der Waals surface area contributed by atoms with Crippen LogP contribution in [0.3, 0.4) is 0 Å². The van der Waals surface area contributed by atoms with Crippen LogP contribution in [0.4, 0.5) is 10.5 Å². The first kappa shape index (κ1) is 17.0. The summed E-state index contributed by atoms with van der Waals surface area (Å²) < 4.78 is 5.17. The monoisotopic (exact) mass is 332 g/mol. The van der Waals surface area contributed by atoms with Crippen molar-refractivity contribution in [1.29, 1.82) is 0 Å². The molecule has 0 fully saturated rings. The molecule has 0 aliphatic carbocycles. The molecule has 2 amide bonds. The van der Waals surface area contributed by atoms with Gasteiger partial charge in [-0.3, -0.25) is 10.1 Å². The molecule has 1 aromatic carbocycles. The van der Waals surface area contributed by atoms with Gasteiger partial charge in [0.15, 0.2) is 0 Å². The van der Waals surface area contributed by atoms with Crippen molar-refractivity contribution in [2.75, 3.05) is 5.32 Å². The van der Waals surface area contributed by atoms with Crippen molar-refractivity contribution in [1.82, 2.24) is 5.32 Å². The molecule has 0 spiro atoms. The van der Waals surface area contributed by atoms with Crippen molar-refractivity contribution in [3.8, 4) is 0 Å². The summed E-state index contributed by atoms with van der Waals surface area (Å²) in [7, 11) is 0. The van der Waals surface area contributed by atoms with Crippen LogP contribution in [0.5, 0.6) is 0 Å². The van der Waals surface area contributed by atoms with Crippen LogP contribution in [0.2, 0.25) is 0 Å². The third kappa shape index (κ3) is 5.75. The molecule has 23 heavy (non-hydrogen) atoms. The Kier molecular flexibility index (Phi) is 5.39. The van der Waals surface area contributed by atoms with Crippen LogP contribution in [0, 0.1) is 0 Å². The standard InChI is InChI=1S/C17H20N2O3S/c1-17(2,3)22-16(21)19-13-8-6-12(7-9-13)15(20)18-11-14-5-4-10-23-14/h4-10H,11H2,1-3H3,(H,18,20)(H,19,21). The number of benzene rings is 1.